The molecule has 0 aromatic carbocycles. The largest absolute Gasteiger partial charge is 0.394 e. The van der Waals surface area contributed by atoms with Gasteiger partial charge in [0.05, 0.1) is 38.6 Å². The van der Waals surface area contributed by atoms with Crippen LogP contribution in [0.2, 0.25) is 0 Å². The average Bonchev–Trinajstić information content (AvgIpc) is 0.792. The normalized spacial score (nSPS) is 27.8. The van der Waals surface area contributed by atoms with Gasteiger partial charge in [-0.05, 0) is 70.6 Å². The Morgan fingerprint density at radius 1 is 0.394 bits per heavy atom. The fourth-order valence-electron chi connectivity index (χ4n) is 12.3. The lowest BCUT2D eigenvalue weighted by Gasteiger charge is -2.48. The van der Waals surface area contributed by atoms with Crippen LogP contribution in [0.5, 0.6) is 0 Å². The summed E-state index contributed by atoms with van der Waals surface area (Å²) in [6.07, 6.45) is 44.8. The summed E-state index contributed by atoms with van der Waals surface area (Å²) in [6.45, 7) is 1.60. The summed E-state index contributed by atoms with van der Waals surface area (Å²) in [4.78, 5) is 13.4. The third-order valence-electron chi connectivity index (χ3n) is 18.2. The van der Waals surface area contributed by atoms with Gasteiger partial charge in [-0.2, -0.15) is 0 Å². The molecule has 3 fully saturated rings. The quantitative estimate of drug-likeness (QED) is 0.0199. The molecule has 94 heavy (non-hydrogen) atoms. The first kappa shape index (κ1) is 85.5. The molecule has 546 valence electrons. The molecule has 19 heteroatoms. The highest BCUT2D eigenvalue weighted by molar-refractivity contribution is 5.76. The van der Waals surface area contributed by atoms with Gasteiger partial charge in [0, 0.05) is 6.42 Å². The number of amides is 1. The van der Waals surface area contributed by atoms with Gasteiger partial charge >= 0.3 is 0 Å². The van der Waals surface area contributed by atoms with Crippen molar-refractivity contribution in [2.24, 2.45) is 0 Å². The molecule has 3 rings (SSSR count). The van der Waals surface area contributed by atoms with Crippen molar-refractivity contribution in [1.82, 2.24) is 5.32 Å². The zero-order valence-corrected chi connectivity index (χ0v) is 57.9. The molecular weight excluding hydrogens is 1200 g/mol. The van der Waals surface area contributed by atoms with E-state index >= 15 is 0 Å². The Bertz CT molecular complexity index is 1980. The topological polar surface area (TPSA) is 307 Å². The van der Waals surface area contributed by atoms with Crippen molar-refractivity contribution in [3.8, 4) is 0 Å². The molecule has 1 amide bonds. The maximum absolute atomic E-state index is 13.4. The highest BCUT2D eigenvalue weighted by atomic mass is 16.8. The Labute approximate surface area is 566 Å². The minimum atomic E-state index is -1.98. The third-order valence-corrected chi connectivity index (χ3v) is 18.2. The van der Waals surface area contributed by atoms with Gasteiger partial charge in [-0.25, -0.2) is 0 Å². The van der Waals surface area contributed by atoms with E-state index in [1.807, 2.05) is 6.08 Å². The van der Waals surface area contributed by atoms with E-state index in [1.165, 1.54) is 167 Å². The Balaban J connectivity index is 1.33. The van der Waals surface area contributed by atoms with Crippen LogP contribution < -0.4 is 5.32 Å². The van der Waals surface area contributed by atoms with Crippen molar-refractivity contribution < 1.29 is 89.4 Å². The SMILES string of the molecule is CC/C=C\C/C=C\C/C=C\C/C=C\CCCCCCCCCCCCCCCCCCCCCCCCC(=O)NC(COC1OC(CO)C(OC2OC(CO)C(OC3OC(CO)C(O)C(O)C3O)C(O)C2O)C(O)C1O)C(O)/C=C/CC/C=C/CCCCCCCCCC. The lowest BCUT2D eigenvalue weighted by molar-refractivity contribution is -0.379. The fourth-order valence-corrected chi connectivity index (χ4v) is 12.3. The Morgan fingerprint density at radius 3 is 1.19 bits per heavy atom. The van der Waals surface area contributed by atoms with Gasteiger partial charge in [0.15, 0.2) is 18.9 Å². The van der Waals surface area contributed by atoms with Crippen LogP contribution in [0, 0.1) is 0 Å². The number of carbonyl (C=O) groups is 1. The molecule has 0 aromatic heterocycles. The Morgan fingerprint density at radius 2 is 0.745 bits per heavy atom. The molecule has 17 unspecified atom stereocenters. The van der Waals surface area contributed by atoms with E-state index in [-0.39, 0.29) is 18.9 Å². The van der Waals surface area contributed by atoms with Gasteiger partial charge < -0.3 is 89.9 Å². The maximum atomic E-state index is 13.4. The van der Waals surface area contributed by atoms with Crippen molar-refractivity contribution in [2.75, 3.05) is 26.4 Å². The van der Waals surface area contributed by atoms with Gasteiger partial charge in [0.1, 0.15) is 73.2 Å². The number of hydrogen-bond donors (Lipinski definition) is 12. The van der Waals surface area contributed by atoms with Gasteiger partial charge in [0.2, 0.25) is 5.91 Å². The molecule has 0 saturated carbocycles. The average molecular weight is 1340 g/mol. The van der Waals surface area contributed by atoms with Crippen LogP contribution in [0.4, 0.5) is 0 Å². The summed E-state index contributed by atoms with van der Waals surface area (Å²) in [7, 11) is 0. The van der Waals surface area contributed by atoms with Crippen LogP contribution >= 0.6 is 0 Å². The van der Waals surface area contributed by atoms with E-state index in [0.29, 0.717) is 12.8 Å². The Kier molecular flexibility index (Phi) is 50.9. The number of hydrogen-bond acceptors (Lipinski definition) is 18. The summed E-state index contributed by atoms with van der Waals surface area (Å²) < 4.78 is 34.3. The second-order valence-electron chi connectivity index (χ2n) is 26.4. The monoisotopic (exact) mass is 1340 g/mol. The number of aliphatic hydroxyl groups excluding tert-OH is 11. The number of aliphatic hydroxyl groups is 11. The molecule has 0 aromatic rings. The molecule has 12 N–H and O–H groups in total. The molecular formula is C75H133NO18. The third kappa shape index (κ3) is 36.9. The zero-order chi connectivity index (χ0) is 68.2. The number of carbonyl (C=O) groups excluding carboxylic acids is 1. The highest BCUT2D eigenvalue weighted by Gasteiger charge is 2.53. The van der Waals surface area contributed by atoms with E-state index < -0.39 is 124 Å². The highest BCUT2D eigenvalue weighted by Crippen LogP contribution is 2.33. The van der Waals surface area contributed by atoms with E-state index in [4.69, 9.17) is 28.4 Å². The minimum Gasteiger partial charge on any atom is -0.394 e. The van der Waals surface area contributed by atoms with Gasteiger partial charge in [-0.3, -0.25) is 4.79 Å². The minimum absolute atomic E-state index is 0.236. The molecule has 17 atom stereocenters. The van der Waals surface area contributed by atoms with Crippen molar-refractivity contribution in [3.05, 3.63) is 72.9 Å². The van der Waals surface area contributed by atoms with E-state index in [1.54, 1.807) is 6.08 Å². The van der Waals surface area contributed by atoms with Crippen LogP contribution in [0.25, 0.3) is 0 Å². The summed E-state index contributed by atoms with van der Waals surface area (Å²) >= 11 is 0. The number of unbranched alkanes of at least 4 members (excludes halogenated alkanes) is 31. The van der Waals surface area contributed by atoms with Crippen molar-refractivity contribution in [2.45, 2.75) is 369 Å². The number of ether oxygens (including phenoxy) is 6. The fraction of sp³-hybridized carbons (Fsp3) is 0.827. The standard InChI is InChI=1S/C75H133NO18/c1-3-5-7-9-11-13-15-17-19-20-21-22-23-24-25-26-27-28-29-30-31-32-33-34-35-36-37-38-39-41-43-45-47-49-51-53-63(81)76-58(59(80)52-50-48-46-44-42-40-18-16-14-12-10-8-6-4-2)57-89-73-69(87)66(84)71(61(55-78)91-73)94-75-70(88)67(85)72(62(56-79)92-75)93-74-68(86)65(83)64(82)60(54-77)90-74/h5,7,11,13,17,19,21-22,42,44,50,52,58-62,64-75,77-80,82-88H,3-4,6,8-10,12,14-16,18,20,23-41,43,45-49,51,53-57H2,1-2H3,(H,76,81)/b7-5-,13-11-,19-17-,22-21-,44-42+,52-50+. The molecule has 0 bridgehead atoms. The second-order valence-corrected chi connectivity index (χ2v) is 26.4. The van der Waals surface area contributed by atoms with Gasteiger partial charge in [-0.15, -0.1) is 0 Å². The predicted octanol–water partition coefficient (Wildman–Crippen LogP) is 10.9. The van der Waals surface area contributed by atoms with Crippen molar-refractivity contribution in [3.63, 3.8) is 0 Å². The first-order valence-corrected chi connectivity index (χ1v) is 37.2. The van der Waals surface area contributed by atoms with Crippen LogP contribution in [0.3, 0.4) is 0 Å². The molecule has 0 aliphatic carbocycles. The summed E-state index contributed by atoms with van der Waals surface area (Å²) in [5.41, 5.74) is 0. The van der Waals surface area contributed by atoms with Crippen LogP contribution in [0.15, 0.2) is 72.9 Å². The molecule has 3 aliphatic rings. The molecule has 3 heterocycles. The number of nitrogens with one attached hydrogen (secondary N) is 1. The lowest BCUT2D eigenvalue weighted by atomic mass is 9.96. The van der Waals surface area contributed by atoms with Gasteiger partial charge in [-0.1, -0.05) is 260 Å². The maximum Gasteiger partial charge on any atom is 0.220 e. The Hall–Kier alpha value is -2.77. The van der Waals surface area contributed by atoms with E-state index in [2.05, 4.69) is 79.9 Å². The number of allylic oxidation sites excluding steroid dienone is 11. The summed E-state index contributed by atoms with van der Waals surface area (Å²) in [5.74, 6) is -0.284. The van der Waals surface area contributed by atoms with Crippen molar-refractivity contribution >= 4 is 5.91 Å². The first-order valence-electron chi connectivity index (χ1n) is 37.2. The summed E-state index contributed by atoms with van der Waals surface area (Å²) in [5, 5.41) is 120. The molecule has 3 saturated heterocycles. The molecule has 0 radical (unpaired) electrons. The second kappa shape index (κ2) is 56.0. The molecule has 0 spiro atoms. The lowest BCUT2D eigenvalue weighted by Crippen LogP contribution is -2.66. The molecule has 19 nitrogen and oxygen atoms in total. The molecule has 3 aliphatic heterocycles. The number of rotatable bonds is 57. The zero-order valence-electron chi connectivity index (χ0n) is 57.9. The predicted molar refractivity (Wildman–Crippen MR) is 369 cm³/mol. The van der Waals surface area contributed by atoms with Crippen LogP contribution in [0.1, 0.15) is 264 Å². The first-order chi connectivity index (χ1) is 45.8. The van der Waals surface area contributed by atoms with E-state index in [0.717, 1.165) is 64.2 Å². The van der Waals surface area contributed by atoms with Gasteiger partial charge in [0.25, 0.3) is 0 Å². The van der Waals surface area contributed by atoms with Crippen LogP contribution in [-0.2, 0) is 33.2 Å². The summed E-state index contributed by atoms with van der Waals surface area (Å²) in [6, 6.07) is -0.990. The van der Waals surface area contributed by atoms with Crippen molar-refractivity contribution in [1.29, 1.82) is 0 Å². The smallest absolute Gasteiger partial charge is 0.220 e. The van der Waals surface area contributed by atoms with E-state index in [9.17, 15) is 61.0 Å². The van der Waals surface area contributed by atoms with Crippen LogP contribution in [-0.4, -0.2) is 193 Å².